The highest BCUT2D eigenvalue weighted by atomic mass is 16.6. The Balaban J connectivity index is 2.16. The van der Waals surface area contributed by atoms with Gasteiger partial charge in [-0.15, -0.1) is 0 Å². The van der Waals surface area contributed by atoms with Gasteiger partial charge in [-0.3, -0.25) is 9.59 Å². The first-order valence-electron chi connectivity index (χ1n) is 10.3. The van der Waals surface area contributed by atoms with Gasteiger partial charge in [0.1, 0.15) is 18.2 Å². The SMILES string of the molecule is COC(=O)[C@H](NC(=O)[C@@H](NC(=O)CNC(=O)OC(C)(C)C)c1ccccc1)c1ccccc1. The van der Waals surface area contributed by atoms with E-state index in [0.717, 1.165) is 0 Å². The minimum Gasteiger partial charge on any atom is -0.467 e. The van der Waals surface area contributed by atoms with Crippen molar-refractivity contribution < 1.29 is 28.7 Å². The molecule has 2 aromatic carbocycles. The van der Waals surface area contributed by atoms with Crippen molar-refractivity contribution in [1.29, 1.82) is 0 Å². The van der Waals surface area contributed by atoms with E-state index < -0.39 is 48.1 Å². The fraction of sp³-hybridized carbons (Fsp3) is 0.333. The monoisotopic (exact) mass is 455 g/mol. The van der Waals surface area contributed by atoms with Crippen LogP contribution in [0, 0.1) is 0 Å². The molecule has 0 heterocycles. The maximum absolute atomic E-state index is 13.2. The lowest BCUT2D eigenvalue weighted by atomic mass is 10.0. The van der Waals surface area contributed by atoms with Gasteiger partial charge in [0.2, 0.25) is 11.8 Å². The fourth-order valence-corrected chi connectivity index (χ4v) is 2.89. The maximum atomic E-state index is 13.2. The molecule has 0 saturated heterocycles. The summed E-state index contributed by atoms with van der Waals surface area (Å²) in [5.74, 6) is -1.88. The number of hydrogen-bond acceptors (Lipinski definition) is 6. The van der Waals surface area contributed by atoms with Crippen molar-refractivity contribution in [3.8, 4) is 0 Å². The summed E-state index contributed by atoms with van der Waals surface area (Å²) in [6.45, 7) is 4.71. The standard InChI is InChI=1S/C24H29N3O6/c1-24(2,3)33-23(31)25-15-18(28)26-19(16-11-7-5-8-12-16)21(29)27-20(22(30)32-4)17-13-9-6-10-14-17/h5-14,19-20H,15H2,1-4H3,(H,25,31)(H,26,28)(H,27,29)/t19-,20+/m0/s1. The largest absolute Gasteiger partial charge is 0.467 e. The van der Waals surface area contributed by atoms with Crippen molar-refractivity contribution >= 4 is 23.9 Å². The zero-order valence-corrected chi connectivity index (χ0v) is 19.1. The first-order chi connectivity index (χ1) is 15.6. The zero-order valence-electron chi connectivity index (χ0n) is 19.1. The van der Waals surface area contributed by atoms with E-state index in [1.54, 1.807) is 81.4 Å². The molecule has 3 N–H and O–H groups in total. The molecular formula is C24H29N3O6. The number of carbonyl (C=O) groups excluding carboxylic acids is 4. The topological polar surface area (TPSA) is 123 Å². The molecule has 9 heteroatoms. The Labute approximate surface area is 192 Å². The Hall–Kier alpha value is -3.88. The average molecular weight is 456 g/mol. The minimum atomic E-state index is -1.12. The number of amides is 3. The molecule has 176 valence electrons. The number of carbonyl (C=O) groups is 4. The predicted octanol–water partition coefficient (Wildman–Crippen LogP) is 2.40. The third-order valence-corrected chi connectivity index (χ3v) is 4.35. The summed E-state index contributed by atoms with van der Waals surface area (Å²) < 4.78 is 9.94. The highest BCUT2D eigenvalue weighted by Gasteiger charge is 2.29. The molecule has 0 fully saturated rings. The number of benzene rings is 2. The van der Waals surface area contributed by atoms with E-state index in [2.05, 4.69) is 16.0 Å². The van der Waals surface area contributed by atoms with Gasteiger partial charge in [-0.05, 0) is 31.9 Å². The summed E-state index contributed by atoms with van der Waals surface area (Å²) in [5, 5.41) is 7.59. The molecule has 2 rings (SSSR count). The highest BCUT2D eigenvalue weighted by Crippen LogP contribution is 2.18. The van der Waals surface area contributed by atoms with Crippen LogP contribution in [-0.2, 0) is 23.9 Å². The summed E-state index contributed by atoms with van der Waals surface area (Å²) in [6, 6.07) is 15.0. The number of ether oxygens (including phenoxy) is 2. The second kappa shape index (κ2) is 11.7. The fourth-order valence-electron chi connectivity index (χ4n) is 2.89. The molecule has 33 heavy (non-hydrogen) atoms. The molecule has 0 aromatic heterocycles. The molecule has 0 bridgehead atoms. The van der Waals surface area contributed by atoms with E-state index in [9.17, 15) is 19.2 Å². The molecule has 0 radical (unpaired) electrons. The maximum Gasteiger partial charge on any atom is 0.408 e. The van der Waals surface area contributed by atoms with E-state index in [1.807, 2.05) is 0 Å². The van der Waals surface area contributed by atoms with Crippen molar-refractivity contribution in [3.05, 3.63) is 71.8 Å². The van der Waals surface area contributed by atoms with Crippen molar-refractivity contribution in [3.63, 3.8) is 0 Å². The number of hydrogen-bond donors (Lipinski definition) is 3. The lowest BCUT2D eigenvalue weighted by molar-refractivity contribution is -0.145. The summed E-state index contributed by atoms with van der Waals surface area (Å²) >= 11 is 0. The van der Waals surface area contributed by atoms with Crippen molar-refractivity contribution in [2.75, 3.05) is 13.7 Å². The number of rotatable bonds is 8. The number of esters is 1. The zero-order chi connectivity index (χ0) is 24.4. The Morgan fingerprint density at radius 3 is 1.82 bits per heavy atom. The quantitative estimate of drug-likeness (QED) is 0.526. The van der Waals surface area contributed by atoms with Gasteiger partial charge in [0, 0.05) is 0 Å². The summed E-state index contributed by atoms with van der Waals surface area (Å²) in [7, 11) is 1.23. The molecule has 0 saturated carbocycles. The third-order valence-electron chi connectivity index (χ3n) is 4.35. The lowest BCUT2D eigenvalue weighted by Crippen LogP contribution is -2.46. The summed E-state index contributed by atoms with van der Waals surface area (Å²) in [4.78, 5) is 49.8. The lowest BCUT2D eigenvalue weighted by Gasteiger charge is -2.23. The van der Waals surface area contributed by atoms with E-state index in [1.165, 1.54) is 7.11 Å². The van der Waals surface area contributed by atoms with Gasteiger partial charge in [-0.2, -0.15) is 0 Å². The molecule has 0 spiro atoms. The van der Waals surface area contributed by atoms with Crippen LogP contribution in [-0.4, -0.2) is 43.1 Å². The summed E-state index contributed by atoms with van der Waals surface area (Å²) in [6.07, 6.45) is -0.756. The Morgan fingerprint density at radius 1 is 0.818 bits per heavy atom. The van der Waals surface area contributed by atoms with Gasteiger partial charge in [-0.25, -0.2) is 9.59 Å². The van der Waals surface area contributed by atoms with Crippen LogP contribution in [0.3, 0.4) is 0 Å². The average Bonchev–Trinajstić information content (AvgIpc) is 2.79. The van der Waals surface area contributed by atoms with Gasteiger partial charge < -0.3 is 25.4 Å². The molecule has 0 aliphatic heterocycles. The first-order valence-corrected chi connectivity index (χ1v) is 10.3. The van der Waals surface area contributed by atoms with Crippen molar-refractivity contribution in [2.24, 2.45) is 0 Å². The summed E-state index contributed by atoms with van der Waals surface area (Å²) in [5.41, 5.74) is 0.313. The van der Waals surface area contributed by atoms with Crippen LogP contribution in [0.1, 0.15) is 44.0 Å². The van der Waals surface area contributed by atoms with Gasteiger partial charge in [0.25, 0.3) is 0 Å². The van der Waals surface area contributed by atoms with Crippen LogP contribution in [0.5, 0.6) is 0 Å². The van der Waals surface area contributed by atoms with E-state index in [-0.39, 0.29) is 0 Å². The number of nitrogens with one attached hydrogen (secondary N) is 3. The molecular weight excluding hydrogens is 426 g/mol. The molecule has 2 aromatic rings. The molecule has 0 aliphatic rings. The molecule has 3 amide bonds. The van der Waals surface area contributed by atoms with Crippen LogP contribution < -0.4 is 16.0 Å². The molecule has 0 unspecified atom stereocenters. The van der Waals surface area contributed by atoms with Crippen LogP contribution in [0.25, 0.3) is 0 Å². The van der Waals surface area contributed by atoms with E-state index in [4.69, 9.17) is 9.47 Å². The number of alkyl carbamates (subject to hydrolysis) is 1. The smallest absolute Gasteiger partial charge is 0.408 e. The van der Waals surface area contributed by atoms with Gasteiger partial charge in [-0.1, -0.05) is 60.7 Å². The van der Waals surface area contributed by atoms with Gasteiger partial charge in [0.15, 0.2) is 6.04 Å². The van der Waals surface area contributed by atoms with Crippen LogP contribution in [0.15, 0.2) is 60.7 Å². The second-order valence-electron chi connectivity index (χ2n) is 8.14. The van der Waals surface area contributed by atoms with Crippen molar-refractivity contribution in [2.45, 2.75) is 38.5 Å². The second-order valence-corrected chi connectivity index (χ2v) is 8.14. The van der Waals surface area contributed by atoms with Crippen LogP contribution >= 0.6 is 0 Å². The Morgan fingerprint density at radius 2 is 1.33 bits per heavy atom. The van der Waals surface area contributed by atoms with Gasteiger partial charge >= 0.3 is 12.1 Å². The normalized spacial score (nSPS) is 12.6. The van der Waals surface area contributed by atoms with E-state index in [0.29, 0.717) is 11.1 Å². The molecule has 0 aliphatic carbocycles. The van der Waals surface area contributed by atoms with Gasteiger partial charge in [0.05, 0.1) is 7.11 Å². The Kier molecular flexibility index (Phi) is 8.97. The highest BCUT2D eigenvalue weighted by molar-refractivity contribution is 5.92. The third kappa shape index (κ3) is 8.29. The van der Waals surface area contributed by atoms with E-state index >= 15 is 0 Å². The Bertz CT molecular complexity index is 957. The van der Waals surface area contributed by atoms with Crippen molar-refractivity contribution in [1.82, 2.24) is 16.0 Å². The minimum absolute atomic E-state index is 0.398. The van der Waals surface area contributed by atoms with Crippen LogP contribution in [0.2, 0.25) is 0 Å². The van der Waals surface area contributed by atoms with Crippen LogP contribution in [0.4, 0.5) is 4.79 Å². The molecule has 9 nitrogen and oxygen atoms in total. The molecule has 2 atom stereocenters. The first kappa shape index (κ1) is 25.4. The predicted molar refractivity (Wildman–Crippen MR) is 121 cm³/mol. The number of methoxy groups -OCH3 is 1.